The highest BCUT2D eigenvalue weighted by atomic mass is 16.5. The van der Waals surface area contributed by atoms with Gasteiger partial charge in [0.1, 0.15) is 5.75 Å². The molecule has 0 aliphatic heterocycles. The second-order valence-electron chi connectivity index (χ2n) is 4.84. The van der Waals surface area contributed by atoms with Crippen molar-refractivity contribution in [2.45, 2.75) is 25.6 Å². The quantitative estimate of drug-likeness (QED) is 0.849. The predicted molar refractivity (Wildman–Crippen MR) is 80.7 cm³/mol. The van der Waals surface area contributed by atoms with Crippen molar-refractivity contribution in [1.29, 1.82) is 0 Å². The van der Waals surface area contributed by atoms with Gasteiger partial charge in [0, 0.05) is 18.2 Å². The fourth-order valence-corrected chi connectivity index (χ4v) is 2.17. The van der Waals surface area contributed by atoms with Crippen molar-refractivity contribution >= 4 is 0 Å². The molecular weight excluding hydrogens is 250 g/mol. The fraction of sp³-hybridized carbons (Fsp3) is 0.294. The van der Waals surface area contributed by atoms with E-state index in [-0.39, 0.29) is 6.04 Å². The van der Waals surface area contributed by atoms with Crippen LogP contribution in [0.25, 0.3) is 0 Å². The Morgan fingerprint density at radius 3 is 2.40 bits per heavy atom. The van der Waals surface area contributed by atoms with Gasteiger partial charge in [-0.2, -0.15) is 0 Å². The molecule has 0 radical (unpaired) electrons. The summed E-state index contributed by atoms with van der Waals surface area (Å²) in [5.74, 6) is 0.862. The smallest absolute Gasteiger partial charge is 0.123 e. The van der Waals surface area contributed by atoms with Crippen LogP contribution in [-0.2, 0) is 6.54 Å². The van der Waals surface area contributed by atoms with E-state index in [0.717, 1.165) is 16.9 Å². The number of aliphatic hydroxyl groups is 1. The van der Waals surface area contributed by atoms with Crippen molar-refractivity contribution in [3.05, 3.63) is 65.7 Å². The summed E-state index contributed by atoms with van der Waals surface area (Å²) < 4.78 is 5.32. The van der Waals surface area contributed by atoms with Crippen LogP contribution < -0.4 is 10.1 Å². The Bertz CT molecular complexity index is 528. The van der Waals surface area contributed by atoms with Crippen LogP contribution in [0.4, 0.5) is 0 Å². The zero-order valence-corrected chi connectivity index (χ0v) is 11.9. The molecule has 0 aromatic heterocycles. The van der Waals surface area contributed by atoms with E-state index in [4.69, 9.17) is 4.74 Å². The maximum Gasteiger partial charge on any atom is 0.123 e. The summed E-state index contributed by atoms with van der Waals surface area (Å²) in [6.45, 7) is 2.64. The molecule has 20 heavy (non-hydrogen) atoms. The van der Waals surface area contributed by atoms with Crippen LogP contribution >= 0.6 is 0 Å². The first-order chi connectivity index (χ1) is 9.72. The molecule has 3 nitrogen and oxygen atoms in total. The molecule has 0 fully saturated rings. The molecule has 0 amide bonds. The SMILES string of the molecule is COc1ccccc1CNC(C)C(O)c1ccccc1. The molecule has 106 valence electrons. The molecule has 2 atom stereocenters. The Morgan fingerprint density at radius 2 is 1.70 bits per heavy atom. The summed E-state index contributed by atoms with van der Waals surface area (Å²) in [5, 5.41) is 13.6. The van der Waals surface area contributed by atoms with Crippen molar-refractivity contribution in [3.63, 3.8) is 0 Å². The summed E-state index contributed by atoms with van der Waals surface area (Å²) in [4.78, 5) is 0. The predicted octanol–water partition coefficient (Wildman–Crippen LogP) is 2.91. The molecule has 0 heterocycles. The summed E-state index contributed by atoms with van der Waals surface area (Å²) in [6, 6.07) is 17.5. The van der Waals surface area contributed by atoms with Crippen molar-refractivity contribution in [2.75, 3.05) is 7.11 Å². The third kappa shape index (κ3) is 3.59. The Hall–Kier alpha value is -1.84. The monoisotopic (exact) mass is 271 g/mol. The van der Waals surface area contributed by atoms with Gasteiger partial charge in [-0.15, -0.1) is 0 Å². The minimum Gasteiger partial charge on any atom is -0.496 e. The first kappa shape index (κ1) is 14.6. The molecule has 0 aliphatic carbocycles. The van der Waals surface area contributed by atoms with Crippen LogP contribution in [-0.4, -0.2) is 18.3 Å². The highest BCUT2D eigenvalue weighted by Crippen LogP contribution is 2.19. The van der Waals surface area contributed by atoms with E-state index in [1.807, 2.05) is 61.5 Å². The van der Waals surface area contributed by atoms with Gasteiger partial charge in [-0.3, -0.25) is 0 Å². The number of rotatable bonds is 6. The van der Waals surface area contributed by atoms with E-state index in [9.17, 15) is 5.11 Å². The third-order valence-electron chi connectivity index (χ3n) is 3.42. The van der Waals surface area contributed by atoms with Crippen LogP contribution in [0.2, 0.25) is 0 Å². The zero-order chi connectivity index (χ0) is 14.4. The van der Waals surface area contributed by atoms with Crippen LogP contribution in [0.15, 0.2) is 54.6 Å². The van der Waals surface area contributed by atoms with Crippen molar-refractivity contribution in [3.8, 4) is 5.75 Å². The van der Waals surface area contributed by atoms with E-state index >= 15 is 0 Å². The number of benzene rings is 2. The Kier molecular flexibility index (Phi) is 5.16. The summed E-state index contributed by atoms with van der Waals surface area (Å²) >= 11 is 0. The molecule has 0 bridgehead atoms. The molecule has 0 saturated heterocycles. The molecular formula is C17H21NO2. The second kappa shape index (κ2) is 7.08. The Balaban J connectivity index is 1.97. The maximum atomic E-state index is 10.3. The normalized spacial score (nSPS) is 13.8. The molecule has 0 saturated carbocycles. The molecule has 0 spiro atoms. The maximum absolute atomic E-state index is 10.3. The summed E-state index contributed by atoms with van der Waals surface area (Å²) in [7, 11) is 1.67. The van der Waals surface area contributed by atoms with Gasteiger partial charge in [-0.1, -0.05) is 48.5 Å². The van der Waals surface area contributed by atoms with Crippen LogP contribution in [0.3, 0.4) is 0 Å². The first-order valence-electron chi connectivity index (χ1n) is 6.80. The average molecular weight is 271 g/mol. The molecule has 2 aromatic carbocycles. The van der Waals surface area contributed by atoms with Crippen LogP contribution in [0, 0.1) is 0 Å². The molecule has 0 aliphatic rings. The minimum absolute atomic E-state index is 0.0395. The molecule has 2 N–H and O–H groups in total. The van der Waals surface area contributed by atoms with E-state index in [2.05, 4.69) is 5.32 Å². The fourth-order valence-electron chi connectivity index (χ4n) is 2.17. The number of hydrogen-bond acceptors (Lipinski definition) is 3. The van der Waals surface area contributed by atoms with Crippen molar-refractivity contribution < 1.29 is 9.84 Å². The van der Waals surface area contributed by atoms with Gasteiger partial charge in [-0.05, 0) is 18.6 Å². The lowest BCUT2D eigenvalue weighted by Crippen LogP contribution is -2.31. The minimum atomic E-state index is -0.522. The Morgan fingerprint density at radius 1 is 1.05 bits per heavy atom. The van der Waals surface area contributed by atoms with Gasteiger partial charge in [0.05, 0.1) is 13.2 Å². The third-order valence-corrected chi connectivity index (χ3v) is 3.42. The Labute approximate surface area is 120 Å². The van der Waals surface area contributed by atoms with E-state index in [0.29, 0.717) is 6.54 Å². The second-order valence-corrected chi connectivity index (χ2v) is 4.84. The van der Waals surface area contributed by atoms with Gasteiger partial charge in [0.25, 0.3) is 0 Å². The van der Waals surface area contributed by atoms with Gasteiger partial charge >= 0.3 is 0 Å². The van der Waals surface area contributed by atoms with Crippen molar-refractivity contribution in [2.24, 2.45) is 0 Å². The molecule has 2 aromatic rings. The number of aliphatic hydroxyl groups excluding tert-OH is 1. The zero-order valence-electron chi connectivity index (χ0n) is 11.9. The lowest BCUT2D eigenvalue weighted by molar-refractivity contribution is 0.135. The largest absolute Gasteiger partial charge is 0.496 e. The van der Waals surface area contributed by atoms with E-state index < -0.39 is 6.10 Å². The number of para-hydroxylation sites is 1. The lowest BCUT2D eigenvalue weighted by Gasteiger charge is -2.21. The highest BCUT2D eigenvalue weighted by molar-refractivity contribution is 5.33. The van der Waals surface area contributed by atoms with Crippen LogP contribution in [0.5, 0.6) is 5.75 Å². The molecule has 2 unspecified atom stereocenters. The van der Waals surface area contributed by atoms with Gasteiger partial charge < -0.3 is 15.2 Å². The first-order valence-corrected chi connectivity index (χ1v) is 6.80. The number of methoxy groups -OCH3 is 1. The van der Waals surface area contributed by atoms with E-state index in [1.165, 1.54) is 0 Å². The van der Waals surface area contributed by atoms with Gasteiger partial charge in [0.15, 0.2) is 0 Å². The lowest BCUT2D eigenvalue weighted by atomic mass is 10.0. The average Bonchev–Trinajstić information content (AvgIpc) is 2.53. The number of hydrogen-bond donors (Lipinski definition) is 2. The van der Waals surface area contributed by atoms with Gasteiger partial charge in [0.2, 0.25) is 0 Å². The summed E-state index contributed by atoms with van der Waals surface area (Å²) in [6.07, 6.45) is -0.522. The number of nitrogens with one attached hydrogen (secondary N) is 1. The highest BCUT2D eigenvalue weighted by Gasteiger charge is 2.15. The number of ether oxygens (including phenoxy) is 1. The van der Waals surface area contributed by atoms with Crippen molar-refractivity contribution in [1.82, 2.24) is 5.32 Å². The topological polar surface area (TPSA) is 41.5 Å². The molecule has 3 heteroatoms. The standard InChI is InChI=1S/C17H21NO2/c1-13(17(19)14-8-4-3-5-9-14)18-12-15-10-6-7-11-16(15)20-2/h3-11,13,17-19H,12H2,1-2H3. The van der Waals surface area contributed by atoms with Gasteiger partial charge in [-0.25, -0.2) is 0 Å². The van der Waals surface area contributed by atoms with Crippen LogP contribution in [0.1, 0.15) is 24.2 Å². The summed E-state index contributed by atoms with van der Waals surface area (Å²) in [5.41, 5.74) is 2.01. The molecule has 2 rings (SSSR count). The van der Waals surface area contributed by atoms with E-state index in [1.54, 1.807) is 7.11 Å².